The number of carbonyl (C=O) groups is 2. The molecule has 4 rings (SSSR count). The summed E-state index contributed by atoms with van der Waals surface area (Å²) < 4.78 is 59.7. The van der Waals surface area contributed by atoms with Crippen LogP contribution in [0.1, 0.15) is 29.3 Å². The molecule has 2 aromatic carbocycles. The number of aromatic nitrogens is 3. The van der Waals surface area contributed by atoms with Gasteiger partial charge in [-0.05, 0) is 62.8 Å². The van der Waals surface area contributed by atoms with Crippen LogP contribution >= 0.6 is 0 Å². The maximum atomic E-state index is 14.8. The van der Waals surface area contributed by atoms with Crippen molar-refractivity contribution in [3.63, 3.8) is 0 Å². The number of fused-ring (bicyclic) bond motifs is 1. The minimum Gasteiger partial charge on any atom is -0.432 e. The zero-order valence-corrected chi connectivity index (χ0v) is 23.8. The van der Waals surface area contributed by atoms with Crippen LogP contribution < -0.4 is 20.7 Å². The van der Waals surface area contributed by atoms with Crippen LogP contribution in [0.3, 0.4) is 0 Å². The molecule has 0 radical (unpaired) electrons. The van der Waals surface area contributed by atoms with Crippen LogP contribution in [0.2, 0.25) is 0 Å². The fraction of sp³-hybridized carbons (Fsp3) is 0.310. The first-order valence-electron chi connectivity index (χ1n) is 13.4. The maximum Gasteiger partial charge on any atom is 0.387 e. The predicted octanol–water partition coefficient (Wildman–Crippen LogP) is 4.38. The topological polar surface area (TPSA) is 113 Å². The van der Waals surface area contributed by atoms with E-state index in [2.05, 4.69) is 30.7 Å². The predicted molar refractivity (Wildman–Crippen MR) is 153 cm³/mol. The molecule has 0 aliphatic rings. The van der Waals surface area contributed by atoms with Crippen LogP contribution in [-0.2, 0) is 11.2 Å². The van der Waals surface area contributed by atoms with E-state index in [0.717, 1.165) is 17.7 Å². The minimum absolute atomic E-state index is 0.0816. The number of rotatable bonds is 13. The summed E-state index contributed by atoms with van der Waals surface area (Å²) in [5, 5.41) is 8.82. The lowest BCUT2D eigenvalue weighted by atomic mass is 10.0. The second kappa shape index (κ2) is 14.0. The summed E-state index contributed by atoms with van der Waals surface area (Å²) in [5.74, 6) is -3.81. The fourth-order valence-corrected chi connectivity index (χ4v) is 4.40. The first-order chi connectivity index (χ1) is 20.6. The summed E-state index contributed by atoms with van der Waals surface area (Å²) >= 11 is 0. The molecule has 0 saturated heterocycles. The van der Waals surface area contributed by atoms with Crippen molar-refractivity contribution >= 4 is 29.0 Å². The third-order valence-electron chi connectivity index (χ3n) is 6.38. The highest BCUT2D eigenvalue weighted by molar-refractivity contribution is 5.96. The Morgan fingerprint density at radius 1 is 1.05 bits per heavy atom. The normalized spacial score (nSPS) is 11.3. The molecular formula is C29H31F4N7O3. The largest absolute Gasteiger partial charge is 0.432 e. The smallest absolute Gasteiger partial charge is 0.387 e. The first-order valence-corrected chi connectivity index (χ1v) is 13.4. The SMILES string of the molecule is CCc1cc(Nc2nccn3c(-c4ccc(OC(F)F)c(F)c4F)cnc23)ccc1C(=O)NCCCNC(=O)CN(C)C. The molecule has 0 aliphatic carbocycles. The van der Waals surface area contributed by atoms with Gasteiger partial charge in [-0.15, -0.1) is 0 Å². The molecule has 0 fully saturated rings. The molecule has 0 spiro atoms. The minimum atomic E-state index is -3.30. The van der Waals surface area contributed by atoms with E-state index in [1.165, 1.54) is 23.0 Å². The van der Waals surface area contributed by atoms with Crippen LogP contribution in [0, 0.1) is 11.6 Å². The molecule has 2 amide bonds. The number of nitrogens with zero attached hydrogens (tertiary/aromatic N) is 4. The maximum absolute atomic E-state index is 14.8. The third-order valence-corrected chi connectivity index (χ3v) is 6.38. The van der Waals surface area contributed by atoms with Crippen molar-refractivity contribution < 1.29 is 31.9 Å². The number of alkyl halides is 2. The molecular weight excluding hydrogens is 570 g/mol. The van der Waals surface area contributed by atoms with Gasteiger partial charge >= 0.3 is 6.61 Å². The van der Waals surface area contributed by atoms with E-state index in [1.807, 2.05) is 27.1 Å². The monoisotopic (exact) mass is 601 g/mol. The summed E-state index contributed by atoms with van der Waals surface area (Å²) in [6.45, 7) is -0.242. The van der Waals surface area contributed by atoms with Gasteiger partial charge in [-0.2, -0.15) is 13.2 Å². The second-order valence-corrected chi connectivity index (χ2v) is 9.78. The highest BCUT2D eigenvalue weighted by Crippen LogP contribution is 2.32. The van der Waals surface area contributed by atoms with Crippen LogP contribution in [0.25, 0.3) is 16.9 Å². The fourth-order valence-electron chi connectivity index (χ4n) is 4.40. The Bertz CT molecular complexity index is 1610. The summed E-state index contributed by atoms with van der Waals surface area (Å²) in [6.07, 6.45) is 5.40. The average Bonchev–Trinajstić information content (AvgIpc) is 3.39. The zero-order valence-electron chi connectivity index (χ0n) is 23.8. The molecule has 14 heteroatoms. The number of hydrogen-bond acceptors (Lipinski definition) is 7. The van der Waals surface area contributed by atoms with E-state index in [0.29, 0.717) is 55.2 Å². The van der Waals surface area contributed by atoms with E-state index in [-0.39, 0.29) is 23.1 Å². The Morgan fingerprint density at radius 3 is 2.53 bits per heavy atom. The molecule has 43 heavy (non-hydrogen) atoms. The van der Waals surface area contributed by atoms with E-state index in [4.69, 9.17) is 0 Å². The third kappa shape index (κ3) is 7.57. The number of imidazole rings is 1. The lowest BCUT2D eigenvalue weighted by Crippen LogP contribution is -2.35. The molecule has 0 aliphatic heterocycles. The van der Waals surface area contributed by atoms with E-state index in [1.54, 1.807) is 17.0 Å². The number of anilines is 2. The number of carbonyl (C=O) groups excluding carboxylic acids is 2. The summed E-state index contributed by atoms with van der Waals surface area (Å²) in [4.78, 5) is 34.9. The number of benzene rings is 2. The van der Waals surface area contributed by atoms with Crippen LogP contribution in [-0.4, -0.2) is 71.4 Å². The Balaban J connectivity index is 1.47. The van der Waals surface area contributed by atoms with Crippen molar-refractivity contribution in [2.75, 3.05) is 39.0 Å². The number of halogens is 4. The number of nitrogens with one attached hydrogen (secondary N) is 3. The first kappa shape index (κ1) is 31.2. The Kier molecular flexibility index (Phi) is 10.1. The molecule has 2 heterocycles. The van der Waals surface area contributed by atoms with Gasteiger partial charge in [-0.3, -0.25) is 14.0 Å². The molecule has 0 saturated carbocycles. The number of likely N-dealkylation sites (N-methyl/N-ethyl adjacent to an activating group) is 1. The Morgan fingerprint density at radius 2 is 1.81 bits per heavy atom. The second-order valence-electron chi connectivity index (χ2n) is 9.78. The molecule has 10 nitrogen and oxygen atoms in total. The molecule has 228 valence electrons. The van der Waals surface area contributed by atoms with Gasteiger partial charge in [0.05, 0.1) is 18.4 Å². The van der Waals surface area contributed by atoms with Crippen molar-refractivity contribution in [3.05, 3.63) is 71.7 Å². The van der Waals surface area contributed by atoms with Crippen molar-refractivity contribution in [3.8, 4) is 17.0 Å². The van der Waals surface area contributed by atoms with Gasteiger partial charge < -0.3 is 25.6 Å². The molecule has 0 bridgehead atoms. The van der Waals surface area contributed by atoms with E-state index < -0.39 is 24.0 Å². The quantitative estimate of drug-likeness (QED) is 0.154. The number of ether oxygens (including phenoxy) is 1. The van der Waals surface area contributed by atoms with Gasteiger partial charge in [0.1, 0.15) is 0 Å². The number of hydrogen-bond donors (Lipinski definition) is 3. The molecule has 0 atom stereocenters. The van der Waals surface area contributed by atoms with Crippen molar-refractivity contribution in [1.82, 2.24) is 29.9 Å². The van der Waals surface area contributed by atoms with Crippen LogP contribution in [0.15, 0.2) is 48.9 Å². The number of aryl methyl sites for hydroxylation is 1. The lowest BCUT2D eigenvalue weighted by molar-refractivity contribution is -0.121. The van der Waals surface area contributed by atoms with Crippen molar-refractivity contribution in [1.29, 1.82) is 0 Å². The summed E-state index contributed by atoms with van der Waals surface area (Å²) in [6, 6.07) is 7.26. The van der Waals surface area contributed by atoms with Gasteiger partial charge in [0.25, 0.3) is 5.91 Å². The molecule has 2 aromatic heterocycles. The Hall–Kier alpha value is -4.72. The molecule has 3 N–H and O–H groups in total. The van der Waals surface area contributed by atoms with Gasteiger partial charge in [-0.25, -0.2) is 14.4 Å². The zero-order chi connectivity index (χ0) is 31.1. The van der Waals surface area contributed by atoms with Gasteiger partial charge in [0.15, 0.2) is 23.0 Å². The Labute approximate surface area is 245 Å². The van der Waals surface area contributed by atoms with Gasteiger partial charge in [0, 0.05) is 42.3 Å². The van der Waals surface area contributed by atoms with Crippen LogP contribution in [0.5, 0.6) is 5.75 Å². The van der Waals surface area contributed by atoms with E-state index >= 15 is 0 Å². The lowest BCUT2D eigenvalue weighted by Gasteiger charge is -2.13. The number of amides is 2. The van der Waals surface area contributed by atoms with E-state index in [9.17, 15) is 27.2 Å². The van der Waals surface area contributed by atoms with Gasteiger partial charge in [0.2, 0.25) is 11.7 Å². The van der Waals surface area contributed by atoms with Crippen molar-refractivity contribution in [2.24, 2.45) is 0 Å². The highest BCUT2D eigenvalue weighted by Gasteiger charge is 2.21. The molecule has 4 aromatic rings. The average molecular weight is 602 g/mol. The summed E-state index contributed by atoms with van der Waals surface area (Å²) in [7, 11) is 3.62. The highest BCUT2D eigenvalue weighted by atomic mass is 19.3. The standard InChI is InChI=1S/C29H31F4N7O3/c1-4-17-14-18(6-7-19(17)28(42)36-11-5-10-34-23(41)16-39(2)3)38-26-27-37-15-21(40(27)13-12-35-26)20-8-9-22(43-29(32)33)25(31)24(20)30/h6-9,12-15,29H,4-5,10-11,16H2,1-3H3,(H,34,41)(H,35,38)(H,36,42). The summed E-state index contributed by atoms with van der Waals surface area (Å²) in [5.41, 5.74) is 2.16. The van der Waals surface area contributed by atoms with Crippen molar-refractivity contribution in [2.45, 2.75) is 26.4 Å². The molecule has 0 unspecified atom stereocenters. The van der Waals surface area contributed by atoms with Crippen LogP contribution in [0.4, 0.5) is 29.1 Å². The van der Waals surface area contributed by atoms with Gasteiger partial charge in [-0.1, -0.05) is 6.92 Å².